The molecule has 0 spiro atoms. The van der Waals surface area contributed by atoms with E-state index in [1.807, 2.05) is 24.3 Å². The number of hydrogen-bond donors (Lipinski definition) is 3. The van der Waals surface area contributed by atoms with Crippen molar-refractivity contribution < 1.29 is 9.52 Å². The molecule has 3 rings (SSSR count). The van der Waals surface area contributed by atoms with Gasteiger partial charge in [0.15, 0.2) is 0 Å². The maximum absolute atomic E-state index is 10.6. The number of rotatable bonds is 8. The molecule has 0 amide bonds. The van der Waals surface area contributed by atoms with Gasteiger partial charge in [0.05, 0.1) is 5.71 Å². The first-order chi connectivity index (χ1) is 15.1. The number of hydrogen-bond acceptors (Lipinski definition) is 8. The van der Waals surface area contributed by atoms with Crippen molar-refractivity contribution in [2.24, 2.45) is 10.7 Å². The molecule has 32 heavy (non-hydrogen) atoms. The minimum absolute atomic E-state index is 0.213. The van der Waals surface area contributed by atoms with E-state index >= 15 is 0 Å². The molecule has 1 aromatic carbocycles. The van der Waals surface area contributed by atoms with E-state index in [9.17, 15) is 5.11 Å². The molecule has 1 aliphatic rings. The molecule has 0 radical (unpaired) electrons. The predicted octanol–water partition coefficient (Wildman–Crippen LogP) is 3.36. The number of halogens is 1. The van der Waals surface area contributed by atoms with E-state index < -0.39 is 5.60 Å². The van der Waals surface area contributed by atoms with Crippen LogP contribution in [0.4, 0.5) is 6.01 Å². The summed E-state index contributed by atoms with van der Waals surface area (Å²) in [5.74, 6) is 1.05. The zero-order valence-corrected chi connectivity index (χ0v) is 19.6. The molecule has 0 aliphatic carbocycles. The number of benzene rings is 1. The summed E-state index contributed by atoms with van der Waals surface area (Å²) in [7, 11) is 0. The Labute approximate surface area is 193 Å². The third kappa shape index (κ3) is 6.83. The van der Waals surface area contributed by atoms with Crippen molar-refractivity contribution in [2.75, 3.05) is 18.0 Å². The number of aliphatic imine (C=N–C) groups is 1. The highest BCUT2D eigenvalue weighted by atomic mass is 35.5. The maximum atomic E-state index is 10.6. The summed E-state index contributed by atoms with van der Waals surface area (Å²) in [6, 6.07) is 8.27. The molecular formula is C23H31ClN6O2. The Bertz CT molecular complexity index is 983. The molecule has 4 N–H and O–H groups in total. The highest BCUT2D eigenvalue weighted by Crippen LogP contribution is 2.19. The second-order valence-electron chi connectivity index (χ2n) is 8.53. The smallest absolute Gasteiger partial charge is 0.318 e. The van der Waals surface area contributed by atoms with Crippen LogP contribution in [0, 0.1) is 6.92 Å². The van der Waals surface area contributed by atoms with Gasteiger partial charge in [-0.25, -0.2) is 4.99 Å². The number of aromatic nitrogens is 2. The molecule has 1 aliphatic heterocycles. The van der Waals surface area contributed by atoms with E-state index in [2.05, 4.69) is 32.0 Å². The van der Waals surface area contributed by atoms with Crippen molar-refractivity contribution in [1.29, 1.82) is 0 Å². The van der Waals surface area contributed by atoms with Crippen LogP contribution in [-0.4, -0.2) is 45.7 Å². The zero-order chi connectivity index (χ0) is 23.3. The van der Waals surface area contributed by atoms with Crippen molar-refractivity contribution in [2.45, 2.75) is 51.7 Å². The number of nitrogens with two attached hydrogens (primary N) is 1. The molecule has 9 heteroatoms. The Kier molecular flexibility index (Phi) is 7.58. The molecule has 8 nitrogen and oxygen atoms in total. The third-order valence-electron chi connectivity index (χ3n) is 5.18. The molecular weight excluding hydrogens is 428 g/mol. The fourth-order valence-corrected chi connectivity index (χ4v) is 3.58. The van der Waals surface area contributed by atoms with E-state index in [1.54, 1.807) is 26.8 Å². The second-order valence-corrected chi connectivity index (χ2v) is 8.97. The minimum Gasteiger partial charge on any atom is -0.408 e. The summed E-state index contributed by atoms with van der Waals surface area (Å²) >= 11 is 5.94. The number of allylic oxidation sites excluding steroid dienone is 1. The number of nitrogens with one attached hydrogen (secondary N) is 1. The van der Waals surface area contributed by atoms with Gasteiger partial charge in [0.1, 0.15) is 11.4 Å². The molecule has 2 aromatic rings. The van der Waals surface area contributed by atoms with Gasteiger partial charge in [0, 0.05) is 43.2 Å². The molecule has 0 unspecified atom stereocenters. The summed E-state index contributed by atoms with van der Waals surface area (Å²) in [6.45, 7) is 10.8. The van der Waals surface area contributed by atoms with Crippen LogP contribution in [0.3, 0.4) is 0 Å². The third-order valence-corrected chi connectivity index (χ3v) is 5.43. The van der Waals surface area contributed by atoms with E-state index in [0.717, 1.165) is 31.5 Å². The summed E-state index contributed by atoms with van der Waals surface area (Å²) in [5, 5.41) is 22.6. The lowest BCUT2D eigenvalue weighted by Gasteiger charge is -2.31. The van der Waals surface area contributed by atoms with Crippen molar-refractivity contribution in [3.05, 3.63) is 64.9 Å². The summed E-state index contributed by atoms with van der Waals surface area (Å²) in [5.41, 5.74) is 7.12. The predicted molar refractivity (Wildman–Crippen MR) is 128 cm³/mol. The van der Waals surface area contributed by atoms with Gasteiger partial charge in [-0.2, -0.15) is 0 Å². The van der Waals surface area contributed by atoms with Crippen molar-refractivity contribution >= 4 is 23.3 Å². The second kappa shape index (κ2) is 10.2. The molecule has 0 atom stereocenters. The van der Waals surface area contributed by atoms with Crippen molar-refractivity contribution in [3.8, 4) is 0 Å². The number of aliphatic hydroxyl groups is 1. The molecule has 172 valence electrons. The van der Waals surface area contributed by atoms with Gasteiger partial charge in [0.2, 0.25) is 5.89 Å². The van der Waals surface area contributed by atoms with E-state index in [0.29, 0.717) is 40.6 Å². The highest BCUT2D eigenvalue weighted by Gasteiger charge is 2.24. The maximum Gasteiger partial charge on any atom is 0.318 e. The van der Waals surface area contributed by atoms with Gasteiger partial charge in [-0.1, -0.05) is 35.4 Å². The van der Waals surface area contributed by atoms with E-state index in [-0.39, 0.29) is 6.04 Å². The van der Waals surface area contributed by atoms with Crippen LogP contribution in [0.15, 0.2) is 57.8 Å². The number of nitrogens with zero attached hydrogens (tertiary/aromatic N) is 4. The van der Waals surface area contributed by atoms with Crippen LogP contribution >= 0.6 is 11.6 Å². The van der Waals surface area contributed by atoms with Gasteiger partial charge in [-0.3, -0.25) is 0 Å². The minimum atomic E-state index is -1.17. The molecule has 2 heterocycles. The summed E-state index contributed by atoms with van der Waals surface area (Å²) in [4.78, 5) is 6.62. The highest BCUT2D eigenvalue weighted by molar-refractivity contribution is 6.30. The average Bonchev–Trinajstić information content (AvgIpc) is 3.15. The largest absolute Gasteiger partial charge is 0.408 e. The standard InChI is InChI=1S/C23H31ClN6O2/c1-15(26-20-9-11-30(12-10-20)22-29-28-16(2)32-22)27-21(23(3,4)31)14-19(25)13-17-5-7-18(24)8-6-17/h5-8,14,20,26,31H,1,9-13,25H2,2-4H3/b19-14-,27-21+. The topological polar surface area (TPSA) is 113 Å². The van der Waals surface area contributed by atoms with E-state index in [4.69, 9.17) is 21.8 Å². The summed E-state index contributed by atoms with van der Waals surface area (Å²) in [6.07, 6.45) is 3.99. The Morgan fingerprint density at radius 3 is 2.56 bits per heavy atom. The first-order valence-corrected chi connectivity index (χ1v) is 11.0. The Morgan fingerprint density at radius 2 is 2.00 bits per heavy atom. The van der Waals surface area contributed by atoms with Crippen LogP contribution in [0.25, 0.3) is 0 Å². The first kappa shape index (κ1) is 23.8. The van der Waals surface area contributed by atoms with Crippen molar-refractivity contribution in [3.63, 3.8) is 0 Å². The molecule has 1 aromatic heterocycles. The Morgan fingerprint density at radius 1 is 1.34 bits per heavy atom. The molecule has 1 fully saturated rings. The fraction of sp³-hybridized carbons (Fsp3) is 0.435. The Hall–Kier alpha value is -2.84. The van der Waals surface area contributed by atoms with Gasteiger partial charge >= 0.3 is 6.01 Å². The fourth-order valence-electron chi connectivity index (χ4n) is 3.45. The number of piperidine rings is 1. The molecule has 0 bridgehead atoms. The number of anilines is 1. The normalized spacial score (nSPS) is 16.3. The van der Waals surface area contributed by atoms with Gasteiger partial charge in [0.25, 0.3) is 0 Å². The quantitative estimate of drug-likeness (QED) is 0.520. The van der Waals surface area contributed by atoms with Crippen molar-refractivity contribution in [1.82, 2.24) is 15.5 Å². The van der Waals surface area contributed by atoms with Gasteiger partial charge in [-0.15, -0.1) is 5.10 Å². The van der Waals surface area contributed by atoms with E-state index in [1.165, 1.54) is 0 Å². The van der Waals surface area contributed by atoms with Crippen LogP contribution < -0.4 is 16.0 Å². The SMILES string of the molecule is C=C(/N=C(\C=C(/N)Cc1ccc(Cl)cc1)C(C)(C)O)NC1CCN(c2nnc(C)o2)CC1. The summed E-state index contributed by atoms with van der Waals surface area (Å²) < 4.78 is 5.51. The van der Waals surface area contributed by atoms with Gasteiger partial charge < -0.3 is 25.5 Å². The van der Waals surface area contributed by atoms with Crippen LogP contribution in [0.5, 0.6) is 0 Å². The monoisotopic (exact) mass is 458 g/mol. The van der Waals surface area contributed by atoms with Crippen LogP contribution in [0.2, 0.25) is 5.02 Å². The van der Waals surface area contributed by atoms with Crippen LogP contribution in [0.1, 0.15) is 38.1 Å². The lowest BCUT2D eigenvalue weighted by molar-refractivity contribution is 0.155. The number of aryl methyl sites for hydroxylation is 1. The van der Waals surface area contributed by atoms with Crippen LogP contribution in [-0.2, 0) is 6.42 Å². The lowest BCUT2D eigenvalue weighted by Crippen LogP contribution is -2.42. The average molecular weight is 459 g/mol. The lowest BCUT2D eigenvalue weighted by atomic mass is 10.00. The molecule has 0 saturated carbocycles. The van der Waals surface area contributed by atoms with Gasteiger partial charge in [-0.05, 0) is 50.5 Å². The first-order valence-electron chi connectivity index (χ1n) is 10.6. The zero-order valence-electron chi connectivity index (χ0n) is 18.8. The molecule has 1 saturated heterocycles. The Balaban J connectivity index is 1.61.